The maximum Gasteiger partial charge on any atom is 0.412 e. The minimum absolute atomic E-state index is 0.0570. The molecule has 0 unspecified atom stereocenters. The van der Waals surface area contributed by atoms with Gasteiger partial charge in [-0.05, 0) is 36.8 Å². The number of alkyl carbamates (subject to hydrolysis) is 1. The van der Waals surface area contributed by atoms with Gasteiger partial charge in [-0.2, -0.15) is 0 Å². The minimum Gasteiger partial charge on any atom is -0.449 e. The van der Waals surface area contributed by atoms with Gasteiger partial charge in [0.15, 0.2) is 0 Å². The lowest BCUT2D eigenvalue weighted by Crippen LogP contribution is -2.49. The van der Waals surface area contributed by atoms with Crippen LogP contribution >= 0.6 is 0 Å². The molecule has 0 radical (unpaired) electrons. The molecule has 0 spiro atoms. The van der Waals surface area contributed by atoms with E-state index in [9.17, 15) is 14.4 Å². The average molecular weight is 494 g/mol. The van der Waals surface area contributed by atoms with Crippen LogP contribution in [0.3, 0.4) is 0 Å². The first-order valence-electron chi connectivity index (χ1n) is 12.4. The number of hydrogen-bond acceptors (Lipinski definition) is 6. The number of unbranched alkanes of at least 4 members (excludes halogenated alkanes) is 1. The third-order valence-electron chi connectivity index (χ3n) is 6.14. The predicted octanol–water partition coefficient (Wildman–Crippen LogP) is 2.80. The van der Waals surface area contributed by atoms with Gasteiger partial charge in [-0.15, -0.1) is 0 Å². The maximum atomic E-state index is 12.7. The van der Waals surface area contributed by atoms with Crippen LogP contribution in [0.15, 0.2) is 54.6 Å². The molecular weight excluding hydrogens is 458 g/mol. The van der Waals surface area contributed by atoms with Crippen LogP contribution in [0.4, 0.5) is 4.79 Å². The third kappa shape index (κ3) is 7.91. The van der Waals surface area contributed by atoms with E-state index in [1.807, 2.05) is 25.1 Å². The van der Waals surface area contributed by atoms with Gasteiger partial charge in [0.25, 0.3) is 0 Å². The molecule has 0 bridgehead atoms. The van der Waals surface area contributed by atoms with Crippen LogP contribution in [0.25, 0.3) is 0 Å². The van der Waals surface area contributed by atoms with Crippen LogP contribution in [0.2, 0.25) is 0 Å². The summed E-state index contributed by atoms with van der Waals surface area (Å²) in [5.74, 6) is -0.246. The topological polar surface area (TPSA) is 132 Å². The van der Waals surface area contributed by atoms with Crippen molar-refractivity contribution in [2.45, 2.75) is 57.7 Å². The van der Waals surface area contributed by atoms with Crippen LogP contribution in [-0.4, -0.2) is 49.0 Å². The average Bonchev–Trinajstić information content (AvgIpc) is 3.39. The Morgan fingerprint density at radius 3 is 2.53 bits per heavy atom. The molecule has 9 nitrogen and oxygen atoms in total. The van der Waals surface area contributed by atoms with E-state index >= 15 is 0 Å². The van der Waals surface area contributed by atoms with E-state index in [1.165, 1.54) is 5.56 Å². The van der Waals surface area contributed by atoms with Gasteiger partial charge in [0, 0.05) is 18.7 Å². The van der Waals surface area contributed by atoms with Crippen LogP contribution in [0, 0.1) is 5.41 Å². The van der Waals surface area contributed by atoms with Gasteiger partial charge in [-0.1, -0.05) is 67.9 Å². The number of nitrogens with one attached hydrogen (secondary N) is 5. The Morgan fingerprint density at radius 1 is 1.11 bits per heavy atom. The summed E-state index contributed by atoms with van der Waals surface area (Å²) in [5, 5.41) is 19.3. The fourth-order valence-electron chi connectivity index (χ4n) is 3.95. The van der Waals surface area contributed by atoms with Crippen LogP contribution in [0.1, 0.15) is 55.7 Å². The van der Waals surface area contributed by atoms with Crippen molar-refractivity contribution in [2.75, 3.05) is 13.2 Å². The molecule has 3 rings (SSSR count). The summed E-state index contributed by atoms with van der Waals surface area (Å²) in [4.78, 5) is 36.9. The summed E-state index contributed by atoms with van der Waals surface area (Å²) < 4.78 is 5.00. The Hall–Kier alpha value is -3.72. The van der Waals surface area contributed by atoms with Crippen molar-refractivity contribution in [1.29, 1.82) is 5.41 Å². The fourth-order valence-corrected chi connectivity index (χ4v) is 3.95. The van der Waals surface area contributed by atoms with Gasteiger partial charge >= 0.3 is 6.09 Å². The molecule has 9 heteroatoms. The predicted molar refractivity (Wildman–Crippen MR) is 138 cm³/mol. The molecule has 0 saturated carbocycles. The summed E-state index contributed by atoms with van der Waals surface area (Å²) in [6, 6.07) is 16.0. The zero-order valence-electron chi connectivity index (χ0n) is 20.8. The number of carbonyl (C=O) groups excluding carboxylic acids is 3. The largest absolute Gasteiger partial charge is 0.449 e. The maximum absolute atomic E-state index is 12.7. The molecule has 2 aromatic rings. The first-order valence-corrected chi connectivity index (χ1v) is 12.4. The fraction of sp³-hybridized carbons (Fsp3) is 0.407. The highest BCUT2D eigenvalue weighted by Gasteiger charge is 2.31. The number of hydrogen-bond donors (Lipinski definition) is 5. The number of amidine groups is 1. The molecule has 192 valence electrons. The van der Waals surface area contributed by atoms with Crippen molar-refractivity contribution in [1.82, 2.24) is 21.3 Å². The Morgan fingerprint density at radius 2 is 1.83 bits per heavy atom. The van der Waals surface area contributed by atoms with Gasteiger partial charge in [0.1, 0.15) is 11.9 Å². The molecule has 0 aliphatic carbocycles. The summed E-state index contributed by atoms with van der Waals surface area (Å²) in [7, 11) is 0. The van der Waals surface area contributed by atoms with Crippen molar-refractivity contribution in [2.24, 2.45) is 0 Å². The summed E-state index contributed by atoms with van der Waals surface area (Å²) in [6.07, 6.45) is 1.73. The second-order valence-electron chi connectivity index (χ2n) is 8.94. The smallest absolute Gasteiger partial charge is 0.412 e. The van der Waals surface area contributed by atoms with Gasteiger partial charge in [-0.25, -0.2) is 4.79 Å². The molecule has 1 saturated heterocycles. The van der Waals surface area contributed by atoms with Crippen molar-refractivity contribution in [3.05, 3.63) is 71.3 Å². The van der Waals surface area contributed by atoms with Crippen molar-refractivity contribution >= 4 is 23.7 Å². The number of carbonyl (C=O) groups is 3. The van der Waals surface area contributed by atoms with Gasteiger partial charge < -0.3 is 20.7 Å². The first-order chi connectivity index (χ1) is 17.4. The number of amides is 3. The normalized spacial score (nSPS) is 17.6. The molecule has 5 N–H and O–H groups in total. The van der Waals surface area contributed by atoms with Crippen molar-refractivity contribution in [3.8, 4) is 0 Å². The second-order valence-corrected chi connectivity index (χ2v) is 8.94. The minimum atomic E-state index is -0.676. The lowest BCUT2D eigenvalue weighted by Gasteiger charge is -2.17. The molecule has 3 amide bonds. The monoisotopic (exact) mass is 493 g/mol. The number of rotatable bonds is 10. The molecule has 1 aliphatic rings. The SMILES string of the molecule is CCCCOC(=O)NC(=N)c1ccc(CNC(=O)[C@H](C)NC(=O)[C@H]2C[C@H](c3ccccc3)CN2)cc1. The molecule has 1 fully saturated rings. The molecule has 2 aromatic carbocycles. The van der Waals surface area contributed by atoms with E-state index in [1.54, 1.807) is 31.2 Å². The highest BCUT2D eigenvalue weighted by molar-refractivity contribution is 6.04. The Kier molecular flexibility index (Phi) is 10.00. The summed E-state index contributed by atoms with van der Waals surface area (Å²) >= 11 is 0. The quantitative estimate of drug-likeness (QED) is 0.197. The lowest BCUT2D eigenvalue weighted by atomic mass is 9.96. The molecule has 3 atom stereocenters. The van der Waals surface area contributed by atoms with E-state index < -0.39 is 12.1 Å². The molecule has 0 aromatic heterocycles. The highest BCUT2D eigenvalue weighted by atomic mass is 16.5. The van der Waals surface area contributed by atoms with E-state index in [4.69, 9.17) is 10.1 Å². The highest BCUT2D eigenvalue weighted by Crippen LogP contribution is 2.25. The zero-order chi connectivity index (χ0) is 25.9. The van der Waals surface area contributed by atoms with E-state index in [0.29, 0.717) is 18.6 Å². The van der Waals surface area contributed by atoms with Gasteiger partial charge in [0.05, 0.1) is 12.6 Å². The second kappa shape index (κ2) is 13.4. The Bertz CT molecular complexity index is 1040. The van der Waals surface area contributed by atoms with Crippen LogP contribution in [0.5, 0.6) is 0 Å². The Balaban J connectivity index is 1.40. The molecule has 1 heterocycles. The third-order valence-corrected chi connectivity index (χ3v) is 6.14. The van der Waals surface area contributed by atoms with Crippen LogP contribution in [-0.2, 0) is 20.9 Å². The van der Waals surface area contributed by atoms with Gasteiger partial charge in [0.2, 0.25) is 11.8 Å². The standard InChI is InChI=1S/C27H35N5O4/c1-3-4-14-36-27(35)32-24(28)21-12-10-19(11-13-21)16-30-25(33)18(2)31-26(34)23-15-22(17-29-23)20-8-6-5-7-9-20/h5-13,18,22-23,29H,3-4,14-17H2,1-2H3,(H,30,33)(H,31,34)(H2,28,32,35)/t18-,22-,23+/m0/s1. The zero-order valence-corrected chi connectivity index (χ0v) is 20.8. The molecule has 36 heavy (non-hydrogen) atoms. The van der Waals surface area contributed by atoms with Crippen molar-refractivity contribution < 1.29 is 19.1 Å². The molecule has 1 aliphatic heterocycles. The summed E-state index contributed by atoms with van der Waals surface area (Å²) in [5.41, 5.74) is 2.55. The van der Waals surface area contributed by atoms with E-state index in [-0.39, 0.29) is 36.2 Å². The van der Waals surface area contributed by atoms with Gasteiger partial charge in [-0.3, -0.25) is 20.3 Å². The number of benzene rings is 2. The van der Waals surface area contributed by atoms with Crippen LogP contribution < -0.4 is 21.3 Å². The number of ether oxygens (including phenoxy) is 1. The van der Waals surface area contributed by atoms with E-state index in [2.05, 4.69) is 33.4 Å². The Labute approximate surface area is 211 Å². The lowest BCUT2D eigenvalue weighted by molar-refractivity contribution is -0.129. The molecular formula is C27H35N5O4. The first kappa shape index (κ1) is 26.9. The summed E-state index contributed by atoms with van der Waals surface area (Å²) in [6.45, 7) is 4.98. The van der Waals surface area contributed by atoms with Crippen molar-refractivity contribution in [3.63, 3.8) is 0 Å². The van der Waals surface area contributed by atoms with E-state index in [0.717, 1.165) is 24.9 Å².